The molecule has 4 heterocycles. The molecule has 6 amide bonds. The van der Waals surface area contributed by atoms with Gasteiger partial charge in [0.1, 0.15) is 23.7 Å². The summed E-state index contributed by atoms with van der Waals surface area (Å²) >= 11 is 0. The van der Waals surface area contributed by atoms with Crippen LogP contribution in [0, 0.1) is 23.5 Å². The molecule has 0 unspecified atom stereocenters. The lowest BCUT2D eigenvalue weighted by atomic mass is 9.83. The summed E-state index contributed by atoms with van der Waals surface area (Å²) < 4.78 is 30.6. The van der Waals surface area contributed by atoms with Crippen LogP contribution in [0.5, 0.6) is 0 Å². The highest BCUT2D eigenvalue weighted by Gasteiger charge is 2.41. The van der Waals surface area contributed by atoms with E-state index in [9.17, 15) is 28.8 Å². The number of nitrogens with one attached hydrogen (secondary N) is 6. The zero-order valence-corrected chi connectivity index (χ0v) is 44.3. The molecule has 6 atom stereocenters. The van der Waals surface area contributed by atoms with Crippen LogP contribution in [-0.2, 0) is 19.2 Å². The van der Waals surface area contributed by atoms with Crippen LogP contribution in [-0.4, -0.2) is 120 Å². The summed E-state index contributed by atoms with van der Waals surface area (Å²) in [5.74, 6) is -3.46. The van der Waals surface area contributed by atoms with Crippen molar-refractivity contribution in [1.29, 1.82) is 0 Å². The second kappa shape index (κ2) is 25.9. The Labute approximate surface area is 444 Å². The fourth-order valence-corrected chi connectivity index (χ4v) is 11.5. The molecule has 0 radical (unpaired) electrons. The molecule has 2 aliphatic carbocycles. The Morgan fingerprint density at radius 1 is 0.526 bits per heavy atom. The monoisotopic (exact) mass is 1040 g/mol. The van der Waals surface area contributed by atoms with Gasteiger partial charge in [-0.2, -0.15) is 0 Å². The molecule has 406 valence electrons. The molecular weight excluding hydrogens is 971 g/mol. The van der Waals surface area contributed by atoms with Crippen LogP contribution in [0.15, 0.2) is 73.3 Å². The van der Waals surface area contributed by atoms with E-state index >= 15 is 8.78 Å². The SMILES string of the molecule is CN[C@@H](C)C(=O)N[C@H](C(=O)N1CCC[C@H]1c1cncc(-c2ccc(F)c(C(=O)NCCNC(=O)c3cc(-c4cncc([C@@H]5CCCN5C(=O)[C@@H](NC(=O)[C@H](C)NC)C5CCCCC5)c4)ccc3F)c2)c1)C1CCCCC1. The number of amides is 6. The van der Waals surface area contributed by atoms with Gasteiger partial charge in [0, 0.05) is 62.1 Å². The van der Waals surface area contributed by atoms with Crippen molar-refractivity contribution in [3.63, 3.8) is 0 Å². The van der Waals surface area contributed by atoms with E-state index in [0.717, 1.165) is 88.2 Å². The Hall–Kier alpha value is -6.66. The van der Waals surface area contributed by atoms with Gasteiger partial charge in [0.25, 0.3) is 11.8 Å². The van der Waals surface area contributed by atoms with E-state index in [1.54, 1.807) is 64.9 Å². The number of likely N-dealkylation sites (tertiary alicyclic amines) is 2. The minimum atomic E-state index is -0.748. The van der Waals surface area contributed by atoms with Gasteiger partial charge in [0.15, 0.2) is 0 Å². The number of rotatable bonds is 19. The van der Waals surface area contributed by atoms with Crippen LogP contribution in [0.1, 0.15) is 148 Å². The highest BCUT2D eigenvalue weighted by atomic mass is 19.1. The standard InChI is InChI=1S/C58H74F2N10O6/c1-35(61-3)53(71)67-51(37-13-7-5-8-14-37)57(75)69-25-11-17-49(69)43-27-41(31-63-33-43)39-19-21-47(59)45(29-39)55(73)65-23-24-66-56(74)46-30-40(20-22-48(46)60)42-28-44(34-64-32-42)50-18-12-26-70(50)58(76)52(38-15-9-6-10-16-38)68-54(72)36(2)62-4/h19-22,27-38,49-52,61-62H,5-18,23-26H2,1-4H3,(H,65,73)(H,66,74)(H,67,71)(H,68,72)/t35-,36-,49-,50-,51-,52-/m0/s1. The Kier molecular flexibility index (Phi) is 19.0. The Bertz CT molecular complexity index is 2550. The van der Waals surface area contributed by atoms with Gasteiger partial charge >= 0.3 is 0 Å². The van der Waals surface area contributed by atoms with Crippen LogP contribution in [0.4, 0.5) is 8.78 Å². The predicted molar refractivity (Wildman–Crippen MR) is 285 cm³/mol. The number of likely N-dealkylation sites (N-methyl/N-ethyl adjacent to an activating group) is 2. The van der Waals surface area contributed by atoms with Crippen LogP contribution in [0.25, 0.3) is 22.3 Å². The Morgan fingerprint density at radius 3 is 1.30 bits per heavy atom. The number of hydrogen-bond acceptors (Lipinski definition) is 10. The van der Waals surface area contributed by atoms with Gasteiger partial charge in [-0.3, -0.25) is 38.7 Å². The average molecular weight is 1050 g/mol. The number of carbonyl (C=O) groups is 6. The highest BCUT2D eigenvalue weighted by Crippen LogP contribution is 2.38. The summed E-state index contributed by atoms with van der Waals surface area (Å²) in [6, 6.07) is 9.48. The molecule has 4 aliphatic rings. The zero-order valence-electron chi connectivity index (χ0n) is 44.3. The largest absolute Gasteiger partial charge is 0.350 e. The molecule has 2 aliphatic heterocycles. The van der Waals surface area contributed by atoms with Gasteiger partial charge in [-0.25, -0.2) is 8.78 Å². The number of aromatic nitrogens is 2. The third-order valence-electron chi connectivity index (χ3n) is 16.2. The molecule has 4 fully saturated rings. The molecule has 18 heteroatoms. The number of halogens is 2. The lowest BCUT2D eigenvalue weighted by Gasteiger charge is -2.35. The molecule has 0 bridgehead atoms. The maximum atomic E-state index is 15.3. The second-order valence-corrected chi connectivity index (χ2v) is 21.1. The molecule has 2 aromatic heterocycles. The van der Waals surface area contributed by atoms with E-state index in [4.69, 9.17) is 0 Å². The quantitative estimate of drug-likeness (QED) is 0.0535. The minimum Gasteiger partial charge on any atom is -0.350 e. The molecule has 2 aromatic carbocycles. The van der Waals surface area contributed by atoms with E-state index in [0.29, 0.717) is 48.2 Å². The van der Waals surface area contributed by atoms with Crippen molar-refractivity contribution < 1.29 is 37.5 Å². The zero-order chi connectivity index (χ0) is 53.9. The summed E-state index contributed by atoms with van der Waals surface area (Å²) in [5, 5.41) is 17.4. The van der Waals surface area contributed by atoms with E-state index in [1.165, 1.54) is 24.3 Å². The van der Waals surface area contributed by atoms with Crippen molar-refractivity contribution in [2.75, 3.05) is 40.3 Å². The smallest absolute Gasteiger partial charge is 0.254 e. The van der Waals surface area contributed by atoms with Crippen molar-refractivity contribution in [2.24, 2.45) is 11.8 Å². The molecule has 6 N–H and O–H groups in total. The maximum absolute atomic E-state index is 15.3. The van der Waals surface area contributed by atoms with Crippen molar-refractivity contribution in [3.05, 3.63) is 107 Å². The molecule has 2 saturated carbocycles. The van der Waals surface area contributed by atoms with Crippen molar-refractivity contribution in [3.8, 4) is 22.3 Å². The van der Waals surface area contributed by atoms with Gasteiger partial charge in [-0.05, 0) is 150 Å². The molecule has 8 rings (SSSR count). The van der Waals surface area contributed by atoms with Gasteiger partial charge < -0.3 is 41.7 Å². The van der Waals surface area contributed by atoms with Gasteiger partial charge in [0.2, 0.25) is 23.6 Å². The average Bonchev–Trinajstić information content (AvgIpc) is 4.18. The summed E-state index contributed by atoms with van der Waals surface area (Å²) in [6.07, 6.45) is 19.4. The third kappa shape index (κ3) is 13.1. The molecular formula is C58H74F2N10O6. The summed E-state index contributed by atoms with van der Waals surface area (Å²) in [6.45, 7) is 4.44. The van der Waals surface area contributed by atoms with Crippen molar-refractivity contribution >= 4 is 35.4 Å². The molecule has 16 nitrogen and oxygen atoms in total. The first kappa shape index (κ1) is 55.6. The predicted octanol–water partition coefficient (Wildman–Crippen LogP) is 6.92. The first-order valence-electron chi connectivity index (χ1n) is 27.4. The number of nitrogens with zero attached hydrogens (tertiary/aromatic N) is 4. The first-order chi connectivity index (χ1) is 36.8. The molecule has 76 heavy (non-hydrogen) atoms. The summed E-state index contributed by atoms with van der Waals surface area (Å²) in [5.41, 5.74) is 3.47. The topological polar surface area (TPSA) is 207 Å². The maximum Gasteiger partial charge on any atom is 0.254 e. The number of carbonyl (C=O) groups excluding carboxylic acids is 6. The summed E-state index contributed by atoms with van der Waals surface area (Å²) in [4.78, 5) is 94.5. The number of benzene rings is 2. The van der Waals surface area contributed by atoms with Crippen LogP contribution in [0.2, 0.25) is 0 Å². The molecule has 0 spiro atoms. The van der Waals surface area contributed by atoms with Gasteiger partial charge in [-0.1, -0.05) is 50.7 Å². The highest BCUT2D eigenvalue weighted by molar-refractivity contribution is 5.97. The van der Waals surface area contributed by atoms with E-state index in [-0.39, 0.29) is 71.8 Å². The molecule has 2 saturated heterocycles. The van der Waals surface area contributed by atoms with Crippen LogP contribution >= 0.6 is 0 Å². The van der Waals surface area contributed by atoms with E-state index in [1.807, 2.05) is 21.9 Å². The fraction of sp³-hybridized carbons (Fsp3) is 0.517. The Morgan fingerprint density at radius 2 is 0.921 bits per heavy atom. The second-order valence-electron chi connectivity index (χ2n) is 21.1. The Balaban J connectivity index is 0.888. The van der Waals surface area contributed by atoms with Gasteiger partial charge in [-0.15, -0.1) is 0 Å². The van der Waals surface area contributed by atoms with Crippen molar-refractivity contribution in [2.45, 2.75) is 140 Å². The van der Waals surface area contributed by atoms with E-state index < -0.39 is 47.6 Å². The lowest BCUT2D eigenvalue weighted by Crippen LogP contribution is -2.55. The third-order valence-corrected chi connectivity index (χ3v) is 16.2. The molecule has 4 aromatic rings. The number of hydrogen-bond donors (Lipinski definition) is 6. The number of pyridine rings is 2. The van der Waals surface area contributed by atoms with Crippen molar-refractivity contribution in [1.82, 2.24) is 51.7 Å². The fourth-order valence-electron chi connectivity index (χ4n) is 11.5. The minimum absolute atomic E-state index is 0.0464. The van der Waals surface area contributed by atoms with Crippen LogP contribution < -0.4 is 31.9 Å². The normalized spacial score (nSPS) is 19.8. The van der Waals surface area contributed by atoms with Crippen LogP contribution in [0.3, 0.4) is 0 Å². The first-order valence-corrected chi connectivity index (χ1v) is 27.4. The lowest BCUT2D eigenvalue weighted by molar-refractivity contribution is -0.139. The summed E-state index contributed by atoms with van der Waals surface area (Å²) in [7, 11) is 3.43. The van der Waals surface area contributed by atoms with E-state index in [2.05, 4.69) is 41.9 Å². The van der Waals surface area contributed by atoms with Gasteiger partial charge in [0.05, 0.1) is 35.3 Å².